The molecule has 6 rings (SSSR count). The molecular weight excluding hydrogens is 514 g/mol. The van der Waals surface area contributed by atoms with Crippen LogP contribution in [0.2, 0.25) is 5.02 Å². The van der Waals surface area contributed by atoms with Gasteiger partial charge in [0.25, 0.3) is 0 Å². The molecule has 1 aliphatic heterocycles. The summed E-state index contributed by atoms with van der Waals surface area (Å²) in [5.74, 6) is -0.341. The van der Waals surface area contributed by atoms with Gasteiger partial charge in [0.1, 0.15) is 31.8 Å². The number of rotatable bonds is 7. The first kappa shape index (κ1) is 25.3. The van der Waals surface area contributed by atoms with Crippen molar-refractivity contribution in [2.24, 2.45) is 5.73 Å². The number of amides is 2. The summed E-state index contributed by atoms with van der Waals surface area (Å²) in [6.45, 7) is 1.09. The maximum absolute atomic E-state index is 13.2. The Labute approximate surface area is 231 Å². The van der Waals surface area contributed by atoms with Gasteiger partial charge in [-0.2, -0.15) is 5.10 Å². The standard InChI is InChI=1S/C30H28ClN5O3/c31-21-11-12-28(35-19-33-18-34-35)20(14-21)16-36(30(32)38)13-5-6-22(36)15-29(37)39-17-27-25-9-3-1-7-23(25)24-8-2-4-10-26(24)27/h1-4,7-12,14,18-19,22,27H,5-6,13,15-17H2,(H-,32,38)/p+1/t22-,36?/m0/s1. The lowest BCUT2D eigenvalue weighted by Crippen LogP contribution is -2.58. The van der Waals surface area contributed by atoms with E-state index in [9.17, 15) is 9.59 Å². The number of nitrogens with zero attached hydrogens (tertiary/aromatic N) is 4. The SMILES string of the molecule is NC(=O)[N+]1(Cc2cc(Cl)ccc2-n2cncn2)CCC[C@H]1CC(=O)OCC1c2ccccc2-c2ccccc21. The number of benzene rings is 3. The molecule has 1 aliphatic carbocycles. The highest BCUT2D eigenvalue weighted by Gasteiger charge is 2.48. The predicted molar refractivity (Wildman–Crippen MR) is 147 cm³/mol. The first-order valence-corrected chi connectivity index (χ1v) is 13.5. The number of primary amides is 1. The molecule has 198 valence electrons. The highest BCUT2D eigenvalue weighted by molar-refractivity contribution is 6.30. The summed E-state index contributed by atoms with van der Waals surface area (Å²) in [4.78, 5) is 30.3. The Hall–Kier alpha value is -4.01. The summed E-state index contributed by atoms with van der Waals surface area (Å²) in [6, 6.07) is 21.2. The van der Waals surface area contributed by atoms with Gasteiger partial charge in [-0.05, 0) is 40.5 Å². The maximum Gasteiger partial charge on any atom is 0.414 e. The van der Waals surface area contributed by atoms with E-state index in [1.54, 1.807) is 17.1 Å². The molecule has 0 radical (unpaired) electrons. The first-order valence-electron chi connectivity index (χ1n) is 13.1. The number of likely N-dealkylation sites (tertiary alicyclic amines) is 1. The Kier molecular flexibility index (Phi) is 6.66. The largest absolute Gasteiger partial charge is 0.464 e. The topological polar surface area (TPSA) is 100 Å². The minimum Gasteiger partial charge on any atom is -0.464 e. The number of aromatic nitrogens is 3. The highest BCUT2D eigenvalue weighted by atomic mass is 35.5. The highest BCUT2D eigenvalue weighted by Crippen LogP contribution is 2.44. The molecular formula is C30H29ClN5O3+. The Morgan fingerprint density at radius 1 is 1.05 bits per heavy atom. The lowest BCUT2D eigenvalue weighted by Gasteiger charge is -2.36. The second-order valence-corrected chi connectivity index (χ2v) is 10.7. The molecule has 1 aromatic heterocycles. The zero-order valence-corrected chi connectivity index (χ0v) is 22.1. The Bertz CT molecular complexity index is 1490. The van der Waals surface area contributed by atoms with Crippen molar-refractivity contribution >= 4 is 23.6 Å². The van der Waals surface area contributed by atoms with Crippen LogP contribution < -0.4 is 5.73 Å². The van der Waals surface area contributed by atoms with E-state index in [-0.39, 0.29) is 35.4 Å². The summed E-state index contributed by atoms with van der Waals surface area (Å²) in [5, 5.41) is 4.79. The minimum absolute atomic E-state index is 0.0167. The summed E-state index contributed by atoms with van der Waals surface area (Å²) < 4.78 is 7.49. The van der Waals surface area contributed by atoms with E-state index < -0.39 is 6.03 Å². The van der Waals surface area contributed by atoms with Crippen LogP contribution in [-0.2, 0) is 16.1 Å². The smallest absolute Gasteiger partial charge is 0.414 e. The Morgan fingerprint density at radius 2 is 1.77 bits per heavy atom. The number of carbonyl (C=O) groups is 2. The lowest BCUT2D eigenvalue weighted by atomic mass is 9.98. The van der Waals surface area contributed by atoms with Crippen molar-refractivity contribution < 1.29 is 18.8 Å². The van der Waals surface area contributed by atoms with Crippen LogP contribution in [0.25, 0.3) is 16.8 Å². The molecule has 2 atom stereocenters. The van der Waals surface area contributed by atoms with Crippen LogP contribution in [0.5, 0.6) is 0 Å². The quantitative estimate of drug-likeness (QED) is 0.255. The van der Waals surface area contributed by atoms with Crippen molar-refractivity contribution in [1.82, 2.24) is 14.8 Å². The number of quaternary nitrogens is 1. The average molecular weight is 543 g/mol. The molecule has 1 saturated heterocycles. The van der Waals surface area contributed by atoms with Crippen molar-refractivity contribution in [1.29, 1.82) is 0 Å². The van der Waals surface area contributed by atoms with Gasteiger partial charge in [0.05, 0.1) is 18.7 Å². The van der Waals surface area contributed by atoms with Gasteiger partial charge in [0.2, 0.25) is 0 Å². The van der Waals surface area contributed by atoms with Crippen LogP contribution in [0, 0.1) is 0 Å². The Morgan fingerprint density at radius 3 is 2.44 bits per heavy atom. The zero-order valence-electron chi connectivity index (χ0n) is 21.4. The van der Waals surface area contributed by atoms with Crippen molar-refractivity contribution in [3.63, 3.8) is 0 Å². The maximum atomic E-state index is 13.2. The average Bonchev–Trinajstić information content (AvgIpc) is 3.67. The fourth-order valence-electron chi connectivity index (χ4n) is 6.30. The van der Waals surface area contributed by atoms with Crippen LogP contribution in [0.15, 0.2) is 79.4 Å². The van der Waals surface area contributed by atoms with Crippen LogP contribution >= 0.6 is 11.6 Å². The first-order chi connectivity index (χ1) is 19.0. The molecule has 39 heavy (non-hydrogen) atoms. The number of ether oxygens (including phenoxy) is 1. The number of nitrogens with two attached hydrogens (primary N) is 1. The van der Waals surface area contributed by atoms with Gasteiger partial charge >= 0.3 is 12.0 Å². The fraction of sp³-hybridized carbons (Fsp3) is 0.267. The van der Waals surface area contributed by atoms with Crippen LogP contribution in [-0.4, -0.2) is 50.4 Å². The van der Waals surface area contributed by atoms with E-state index in [1.165, 1.54) is 17.5 Å². The molecule has 2 heterocycles. The van der Waals surface area contributed by atoms with Gasteiger partial charge in [-0.1, -0.05) is 60.1 Å². The fourth-order valence-corrected chi connectivity index (χ4v) is 6.49. The van der Waals surface area contributed by atoms with Crippen molar-refractivity contribution in [2.45, 2.75) is 37.8 Å². The van der Waals surface area contributed by atoms with Crippen molar-refractivity contribution in [3.8, 4) is 16.8 Å². The van der Waals surface area contributed by atoms with Gasteiger partial charge in [0, 0.05) is 29.3 Å². The van der Waals surface area contributed by atoms with Gasteiger partial charge in [-0.25, -0.2) is 18.9 Å². The molecule has 0 saturated carbocycles. The van der Waals surface area contributed by atoms with Crippen LogP contribution in [0.1, 0.15) is 41.9 Å². The number of hydrogen-bond donors (Lipinski definition) is 1. The monoisotopic (exact) mass is 542 g/mol. The molecule has 0 spiro atoms. The van der Waals surface area contributed by atoms with E-state index in [1.807, 2.05) is 36.4 Å². The minimum atomic E-state index is -0.464. The lowest BCUT2D eigenvalue weighted by molar-refractivity contribution is -0.874. The van der Waals surface area contributed by atoms with E-state index in [0.717, 1.165) is 28.8 Å². The molecule has 0 bridgehead atoms. The molecule has 1 unspecified atom stereocenters. The third-order valence-corrected chi connectivity index (χ3v) is 8.40. The second-order valence-electron chi connectivity index (χ2n) is 10.3. The van der Waals surface area contributed by atoms with E-state index in [0.29, 0.717) is 24.5 Å². The number of esters is 1. The third-order valence-electron chi connectivity index (χ3n) is 8.17. The normalized spacial score (nSPS) is 20.0. The molecule has 8 nitrogen and oxygen atoms in total. The molecule has 1 fully saturated rings. The van der Waals surface area contributed by atoms with Gasteiger partial charge in [-0.3, -0.25) is 4.79 Å². The summed E-state index contributed by atoms with van der Waals surface area (Å²) >= 11 is 6.34. The van der Waals surface area contributed by atoms with E-state index in [4.69, 9.17) is 22.1 Å². The Balaban J connectivity index is 1.21. The molecule has 2 amide bonds. The molecule has 2 aliphatic rings. The number of carbonyl (C=O) groups excluding carboxylic acids is 2. The summed E-state index contributed by atoms with van der Waals surface area (Å²) in [6.07, 6.45) is 4.64. The summed E-state index contributed by atoms with van der Waals surface area (Å²) in [5.41, 5.74) is 12.3. The number of halogens is 1. The van der Waals surface area contributed by atoms with E-state index >= 15 is 0 Å². The van der Waals surface area contributed by atoms with E-state index in [2.05, 4.69) is 34.3 Å². The summed E-state index contributed by atoms with van der Waals surface area (Å²) in [7, 11) is 0. The predicted octanol–water partition coefficient (Wildman–Crippen LogP) is 5.22. The second kappa shape index (κ2) is 10.3. The van der Waals surface area contributed by atoms with Gasteiger partial charge in [-0.15, -0.1) is 0 Å². The number of urea groups is 1. The molecule has 9 heteroatoms. The number of fused-ring (bicyclic) bond motifs is 3. The molecule has 3 aromatic carbocycles. The third kappa shape index (κ3) is 4.60. The van der Waals surface area contributed by atoms with Crippen molar-refractivity contribution in [2.75, 3.05) is 13.2 Å². The number of hydrogen-bond acceptors (Lipinski definition) is 5. The van der Waals surface area contributed by atoms with Crippen molar-refractivity contribution in [3.05, 3.63) is 101 Å². The zero-order chi connectivity index (χ0) is 27.0. The van der Waals surface area contributed by atoms with Gasteiger partial charge in [0.15, 0.2) is 0 Å². The van der Waals surface area contributed by atoms with Crippen LogP contribution in [0.3, 0.4) is 0 Å². The molecule has 2 N–H and O–H groups in total. The van der Waals surface area contributed by atoms with Gasteiger partial charge < -0.3 is 10.5 Å². The molecule has 4 aromatic rings. The van der Waals surface area contributed by atoms with Crippen LogP contribution in [0.4, 0.5) is 4.79 Å².